The minimum Gasteiger partial charge on any atom is -0.347 e. The third kappa shape index (κ3) is 3.63. The van der Waals surface area contributed by atoms with Crippen LogP contribution in [0.4, 0.5) is 0 Å². The summed E-state index contributed by atoms with van der Waals surface area (Å²) >= 11 is 1.74. The van der Waals surface area contributed by atoms with Crippen LogP contribution < -0.4 is 5.32 Å². The fourth-order valence-electron chi connectivity index (χ4n) is 2.04. The highest BCUT2D eigenvalue weighted by Gasteiger charge is 2.15. The Kier molecular flexibility index (Phi) is 5.24. The first-order valence-electron chi connectivity index (χ1n) is 6.62. The Morgan fingerprint density at radius 1 is 1.50 bits per heavy atom. The van der Waals surface area contributed by atoms with Gasteiger partial charge in [0, 0.05) is 23.7 Å². The number of carbonyl (C=O) groups excluding carboxylic acids is 1. The van der Waals surface area contributed by atoms with Gasteiger partial charge >= 0.3 is 0 Å². The van der Waals surface area contributed by atoms with Crippen LogP contribution in [-0.2, 0) is 5.75 Å². The van der Waals surface area contributed by atoms with Gasteiger partial charge in [0.1, 0.15) is 5.82 Å². The topological polar surface area (TPSA) is 57.8 Å². The lowest BCUT2D eigenvalue weighted by Crippen LogP contribution is -2.28. The summed E-state index contributed by atoms with van der Waals surface area (Å²) in [4.78, 5) is 19.6. The number of amides is 1. The van der Waals surface area contributed by atoms with Gasteiger partial charge < -0.3 is 10.3 Å². The molecule has 0 aliphatic carbocycles. The number of rotatable bonds is 6. The molecule has 5 heteroatoms. The molecule has 1 amide bonds. The van der Waals surface area contributed by atoms with Crippen molar-refractivity contribution in [3.05, 3.63) is 53.6 Å². The van der Waals surface area contributed by atoms with Gasteiger partial charge in [0.15, 0.2) is 0 Å². The van der Waals surface area contributed by atoms with Gasteiger partial charge in [0.25, 0.3) is 5.91 Å². The number of H-pyrrole nitrogens is 1. The number of aromatic nitrogens is 2. The third-order valence-corrected chi connectivity index (χ3v) is 3.69. The van der Waals surface area contributed by atoms with Crippen LogP contribution in [0.2, 0.25) is 0 Å². The van der Waals surface area contributed by atoms with Gasteiger partial charge in [-0.05, 0) is 30.4 Å². The Morgan fingerprint density at radius 2 is 2.35 bits per heavy atom. The first-order chi connectivity index (χ1) is 9.74. The molecule has 0 fully saturated rings. The number of benzene rings is 1. The van der Waals surface area contributed by atoms with Gasteiger partial charge in [0.2, 0.25) is 0 Å². The average molecular weight is 289 g/mol. The average Bonchev–Trinajstić information content (AvgIpc) is 2.99. The van der Waals surface area contributed by atoms with Crippen LogP contribution in [0.3, 0.4) is 0 Å². The molecule has 0 radical (unpaired) electrons. The second kappa shape index (κ2) is 7.14. The first kappa shape index (κ1) is 14.7. The molecule has 2 N–H and O–H groups in total. The number of hydrogen-bond donors (Lipinski definition) is 2. The molecule has 0 saturated carbocycles. The lowest BCUT2D eigenvalue weighted by Gasteiger charge is -2.15. The largest absolute Gasteiger partial charge is 0.347 e. The van der Waals surface area contributed by atoms with E-state index in [1.165, 1.54) is 0 Å². The molecule has 20 heavy (non-hydrogen) atoms. The third-order valence-electron chi connectivity index (χ3n) is 3.06. The van der Waals surface area contributed by atoms with Gasteiger partial charge in [-0.3, -0.25) is 4.79 Å². The summed E-state index contributed by atoms with van der Waals surface area (Å²) in [5.74, 6) is 1.65. The van der Waals surface area contributed by atoms with E-state index in [0.29, 0.717) is 5.56 Å². The molecule has 2 aromatic rings. The number of nitrogens with one attached hydrogen (secondary N) is 2. The molecule has 0 bridgehead atoms. The standard InChI is InChI=1S/C15H19N3OS/c1-3-13(14-16-7-8-17-14)18-15(19)12-6-4-5-11(9-12)10-20-2/h4-9,13H,3,10H2,1-2H3,(H,16,17)(H,18,19). The number of imidazole rings is 1. The highest BCUT2D eigenvalue weighted by Crippen LogP contribution is 2.15. The van der Waals surface area contributed by atoms with Gasteiger partial charge in [0.05, 0.1) is 6.04 Å². The maximum Gasteiger partial charge on any atom is 0.251 e. The van der Waals surface area contributed by atoms with Gasteiger partial charge in [-0.25, -0.2) is 4.98 Å². The van der Waals surface area contributed by atoms with Crippen molar-refractivity contribution in [2.24, 2.45) is 0 Å². The summed E-state index contributed by atoms with van der Waals surface area (Å²) < 4.78 is 0. The van der Waals surface area contributed by atoms with Gasteiger partial charge in [-0.2, -0.15) is 11.8 Å². The molecule has 0 aliphatic rings. The summed E-state index contributed by atoms with van der Waals surface area (Å²) in [5.41, 5.74) is 1.86. The quantitative estimate of drug-likeness (QED) is 0.859. The molecule has 2 rings (SSSR count). The predicted molar refractivity (Wildman–Crippen MR) is 82.7 cm³/mol. The van der Waals surface area contributed by atoms with Crippen molar-refractivity contribution in [1.82, 2.24) is 15.3 Å². The van der Waals surface area contributed by atoms with Crippen molar-refractivity contribution in [3.63, 3.8) is 0 Å². The van der Waals surface area contributed by atoms with Crippen LogP contribution in [0.15, 0.2) is 36.7 Å². The van der Waals surface area contributed by atoms with E-state index >= 15 is 0 Å². The van der Waals surface area contributed by atoms with Gasteiger partial charge in [-0.1, -0.05) is 19.1 Å². The summed E-state index contributed by atoms with van der Waals surface area (Å²) in [5, 5.41) is 3.02. The maximum absolute atomic E-state index is 12.3. The van der Waals surface area contributed by atoms with Gasteiger partial charge in [-0.15, -0.1) is 0 Å². The molecule has 1 aromatic heterocycles. The fourth-order valence-corrected chi connectivity index (χ4v) is 2.56. The maximum atomic E-state index is 12.3. The van der Waals surface area contributed by atoms with E-state index in [0.717, 1.165) is 23.6 Å². The number of carbonyl (C=O) groups is 1. The normalized spacial score (nSPS) is 12.1. The van der Waals surface area contributed by atoms with Crippen molar-refractivity contribution >= 4 is 17.7 Å². The van der Waals surface area contributed by atoms with Crippen molar-refractivity contribution in [3.8, 4) is 0 Å². The smallest absolute Gasteiger partial charge is 0.251 e. The Balaban J connectivity index is 2.09. The first-order valence-corrected chi connectivity index (χ1v) is 8.02. The van der Waals surface area contributed by atoms with E-state index in [1.54, 1.807) is 24.2 Å². The van der Waals surface area contributed by atoms with Crippen molar-refractivity contribution in [1.29, 1.82) is 0 Å². The number of nitrogens with zero attached hydrogens (tertiary/aromatic N) is 1. The molecular formula is C15H19N3OS. The van der Waals surface area contributed by atoms with Crippen LogP contribution in [0, 0.1) is 0 Å². The lowest BCUT2D eigenvalue weighted by molar-refractivity contribution is 0.0934. The van der Waals surface area contributed by atoms with Crippen LogP contribution in [-0.4, -0.2) is 22.1 Å². The van der Waals surface area contributed by atoms with Crippen molar-refractivity contribution in [2.45, 2.75) is 25.1 Å². The van der Waals surface area contributed by atoms with Crippen molar-refractivity contribution < 1.29 is 4.79 Å². The highest BCUT2D eigenvalue weighted by molar-refractivity contribution is 7.97. The number of aromatic amines is 1. The fraction of sp³-hybridized carbons (Fsp3) is 0.333. The Morgan fingerprint density at radius 3 is 3.00 bits per heavy atom. The number of hydrogen-bond acceptors (Lipinski definition) is 3. The molecule has 0 aliphatic heterocycles. The molecule has 0 spiro atoms. The second-order valence-corrected chi connectivity index (χ2v) is 5.41. The van der Waals surface area contributed by atoms with Crippen LogP contribution in [0.25, 0.3) is 0 Å². The molecule has 106 valence electrons. The molecular weight excluding hydrogens is 270 g/mol. The second-order valence-electron chi connectivity index (χ2n) is 4.54. The molecule has 1 aromatic carbocycles. The van der Waals surface area contributed by atoms with E-state index < -0.39 is 0 Å². The van der Waals surface area contributed by atoms with E-state index in [1.807, 2.05) is 31.2 Å². The zero-order valence-electron chi connectivity index (χ0n) is 11.7. The zero-order chi connectivity index (χ0) is 14.4. The summed E-state index contributed by atoms with van der Waals surface area (Å²) in [6.45, 7) is 2.03. The SMILES string of the molecule is CCC(NC(=O)c1cccc(CSC)c1)c1ncc[nH]1. The molecule has 1 atom stereocenters. The molecule has 4 nitrogen and oxygen atoms in total. The van der Waals surface area contributed by atoms with E-state index in [4.69, 9.17) is 0 Å². The Bertz CT molecular complexity index is 554. The van der Waals surface area contributed by atoms with E-state index in [2.05, 4.69) is 21.5 Å². The predicted octanol–water partition coefficient (Wildman–Crippen LogP) is 3.15. The monoisotopic (exact) mass is 289 g/mol. The molecule has 0 saturated heterocycles. The molecule has 1 heterocycles. The minimum atomic E-state index is -0.0818. The Labute approximate surface area is 123 Å². The minimum absolute atomic E-state index is 0.0591. The lowest BCUT2D eigenvalue weighted by atomic mass is 10.1. The zero-order valence-corrected chi connectivity index (χ0v) is 12.5. The highest BCUT2D eigenvalue weighted by atomic mass is 32.2. The van der Waals surface area contributed by atoms with Crippen LogP contribution >= 0.6 is 11.8 Å². The Hall–Kier alpha value is -1.75. The molecule has 1 unspecified atom stereocenters. The summed E-state index contributed by atoms with van der Waals surface area (Å²) in [7, 11) is 0. The summed E-state index contributed by atoms with van der Waals surface area (Å²) in [6, 6.07) is 7.67. The summed E-state index contributed by atoms with van der Waals surface area (Å²) in [6.07, 6.45) is 6.31. The number of thioether (sulfide) groups is 1. The van der Waals surface area contributed by atoms with Crippen LogP contribution in [0.5, 0.6) is 0 Å². The van der Waals surface area contributed by atoms with Crippen LogP contribution in [0.1, 0.15) is 41.1 Å². The van der Waals surface area contributed by atoms with E-state index in [-0.39, 0.29) is 11.9 Å². The van der Waals surface area contributed by atoms with E-state index in [9.17, 15) is 4.79 Å². The van der Waals surface area contributed by atoms with Crippen molar-refractivity contribution in [2.75, 3.05) is 6.26 Å².